The molecule has 0 unspecified atom stereocenters. The standard InChI is InChI=1S/C18H18N2O4/c1-2-24-17-9-7-14(11-16(17)20(22)23)18(21)19-15-8-6-12-4-3-5-13(12)10-15/h6-11H,2-5H2,1H3,(H,19,21). The Bertz CT molecular complexity index is 802. The van der Waals surface area contributed by atoms with Crippen molar-refractivity contribution < 1.29 is 14.5 Å². The molecule has 0 aromatic heterocycles. The second-order valence-corrected chi connectivity index (χ2v) is 5.66. The Hall–Kier alpha value is -2.89. The number of anilines is 1. The maximum absolute atomic E-state index is 12.4. The highest BCUT2D eigenvalue weighted by Gasteiger charge is 2.19. The molecule has 1 amide bonds. The quantitative estimate of drug-likeness (QED) is 0.670. The summed E-state index contributed by atoms with van der Waals surface area (Å²) in [6.45, 7) is 2.07. The van der Waals surface area contributed by atoms with Crippen LogP contribution >= 0.6 is 0 Å². The van der Waals surface area contributed by atoms with Crippen LogP contribution in [0.1, 0.15) is 34.8 Å². The molecule has 0 fully saturated rings. The molecule has 6 nitrogen and oxygen atoms in total. The van der Waals surface area contributed by atoms with Crippen molar-refractivity contribution in [2.75, 3.05) is 11.9 Å². The lowest BCUT2D eigenvalue weighted by Crippen LogP contribution is -2.12. The fourth-order valence-corrected chi connectivity index (χ4v) is 2.93. The van der Waals surface area contributed by atoms with Crippen LogP contribution in [0.5, 0.6) is 5.75 Å². The molecular formula is C18H18N2O4. The third-order valence-corrected chi connectivity index (χ3v) is 4.07. The van der Waals surface area contributed by atoms with E-state index in [0.717, 1.165) is 19.3 Å². The Morgan fingerprint density at radius 3 is 2.75 bits per heavy atom. The number of hydrogen-bond acceptors (Lipinski definition) is 4. The fourth-order valence-electron chi connectivity index (χ4n) is 2.93. The van der Waals surface area contributed by atoms with Gasteiger partial charge in [-0.2, -0.15) is 0 Å². The summed E-state index contributed by atoms with van der Waals surface area (Å²) in [6.07, 6.45) is 3.24. The summed E-state index contributed by atoms with van der Waals surface area (Å²) >= 11 is 0. The predicted octanol–water partition coefficient (Wildman–Crippen LogP) is 3.73. The van der Waals surface area contributed by atoms with E-state index in [2.05, 4.69) is 5.32 Å². The average Bonchev–Trinajstić information content (AvgIpc) is 3.03. The number of nitrogens with one attached hydrogen (secondary N) is 1. The molecular weight excluding hydrogens is 308 g/mol. The van der Waals surface area contributed by atoms with E-state index in [0.29, 0.717) is 12.3 Å². The van der Waals surface area contributed by atoms with Crippen LogP contribution in [-0.2, 0) is 12.8 Å². The Kier molecular flexibility index (Phi) is 4.46. The molecule has 2 aromatic rings. The molecule has 24 heavy (non-hydrogen) atoms. The number of carbonyl (C=O) groups excluding carboxylic acids is 1. The summed E-state index contributed by atoms with van der Waals surface area (Å²) in [5.74, 6) is -0.212. The molecule has 1 aliphatic carbocycles. The molecule has 0 saturated heterocycles. The summed E-state index contributed by atoms with van der Waals surface area (Å²) in [5, 5.41) is 14.0. The maximum Gasteiger partial charge on any atom is 0.311 e. The highest BCUT2D eigenvalue weighted by molar-refractivity contribution is 6.04. The molecule has 0 aliphatic heterocycles. The molecule has 0 atom stereocenters. The number of fused-ring (bicyclic) bond motifs is 1. The van der Waals surface area contributed by atoms with Gasteiger partial charge in [0.1, 0.15) is 0 Å². The van der Waals surface area contributed by atoms with Crippen LogP contribution in [0.4, 0.5) is 11.4 Å². The van der Waals surface area contributed by atoms with Gasteiger partial charge >= 0.3 is 5.69 Å². The van der Waals surface area contributed by atoms with Gasteiger partial charge in [0.25, 0.3) is 5.91 Å². The molecule has 1 aliphatic rings. The fraction of sp³-hybridized carbons (Fsp3) is 0.278. The number of amides is 1. The van der Waals surface area contributed by atoms with Crippen molar-refractivity contribution in [1.82, 2.24) is 0 Å². The van der Waals surface area contributed by atoms with Crippen molar-refractivity contribution in [3.8, 4) is 5.75 Å². The number of nitrogens with zero attached hydrogens (tertiary/aromatic N) is 1. The molecule has 0 bridgehead atoms. The topological polar surface area (TPSA) is 81.5 Å². The van der Waals surface area contributed by atoms with Gasteiger partial charge in [-0.1, -0.05) is 6.07 Å². The van der Waals surface area contributed by atoms with Gasteiger partial charge in [0.05, 0.1) is 11.5 Å². The lowest BCUT2D eigenvalue weighted by Gasteiger charge is -2.09. The first-order valence-corrected chi connectivity index (χ1v) is 7.93. The molecule has 124 valence electrons. The van der Waals surface area contributed by atoms with Crippen molar-refractivity contribution in [3.05, 3.63) is 63.2 Å². The summed E-state index contributed by atoms with van der Waals surface area (Å²) < 4.78 is 5.23. The highest BCUT2D eigenvalue weighted by atomic mass is 16.6. The number of aryl methyl sites for hydroxylation is 2. The molecule has 0 spiro atoms. The first-order valence-electron chi connectivity index (χ1n) is 7.93. The smallest absolute Gasteiger partial charge is 0.311 e. The van der Waals surface area contributed by atoms with Gasteiger partial charge in [0.2, 0.25) is 0 Å². The SMILES string of the molecule is CCOc1ccc(C(=O)Nc2ccc3c(c2)CCC3)cc1[N+](=O)[O-]. The van der Waals surface area contributed by atoms with E-state index in [9.17, 15) is 14.9 Å². The van der Waals surface area contributed by atoms with Crippen LogP contribution < -0.4 is 10.1 Å². The van der Waals surface area contributed by atoms with Crippen molar-refractivity contribution in [2.24, 2.45) is 0 Å². The predicted molar refractivity (Wildman–Crippen MR) is 90.7 cm³/mol. The molecule has 0 saturated carbocycles. The molecule has 0 radical (unpaired) electrons. The van der Waals surface area contributed by atoms with Gasteiger partial charge in [-0.05, 0) is 61.6 Å². The number of ether oxygens (including phenoxy) is 1. The lowest BCUT2D eigenvalue weighted by molar-refractivity contribution is -0.385. The minimum absolute atomic E-state index is 0.164. The summed E-state index contributed by atoms with van der Waals surface area (Å²) in [7, 11) is 0. The molecule has 0 heterocycles. The zero-order valence-electron chi connectivity index (χ0n) is 13.4. The number of carbonyl (C=O) groups is 1. The van der Waals surface area contributed by atoms with Crippen LogP contribution in [0.2, 0.25) is 0 Å². The van der Waals surface area contributed by atoms with Crippen molar-refractivity contribution in [1.29, 1.82) is 0 Å². The van der Waals surface area contributed by atoms with E-state index < -0.39 is 4.92 Å². The Balaban J connectivity index is 1.82. The van der Waals surface area contributed by atoms with Gasteiger partial charge in [0.15, 0.2) is 5.75 Å². The second-order valence-electron chi connectivity index (χ2n) is 5.66. The molecule has 1 N–H and O–H groups in total. The van der Waals surface area contributed by atoms with Crippen LogP contribution in [0, 0.1) is 10.1 Å². The van der Waals surface area contributed by atoms with E-state index in [1.165, 1.54) is 29.3 Å². The van der Waals surface area contributed by atoms with E-state index in [4.69, 9.17) is 4.74 Å². The van der Waals surface area contributed by atoms with E-state index in [1.807, 2.05) is 18.2 Å². The summed E-state index contributed by atoms with van der Waals surface area (Å²) in [5.41, 5.74) is 3.30. The van der Waals surface area contributed by atoms with E-state index in [1.54, 1.807) is 6.92 Å². The van der Waals surface area contributed by atoms with E-state index in [-0.39, 0.29) is 22.9 Å². The van der Waals surface area contributed by atoms with Gasteiger partial charge in [-0.25, -0.2) is 0 Å². The zero-order chi connectivity index (χ0) is 17.1. The molecule has 3 rings (SSSR count). The van der Waals surface area contributed by atoms with Crippen LogP contribution in [0.15, 0.2) is 36.4 Å². The summed E-state index contributed by atoms with van der Waals surface area (Å²) in [4.78, 5) is 23.0. The summed E-state index contributed by atoms with van der Waals surface area (Å²) in [6, 6.07) is 10.1. The first kappa shape index (κ1) is 16.0. The minimum Gasteiger partial charge on any atom is -0.487 e. The highest BCUT2D eigenvalue weighted by Crippen LogP contribution is 2.29. The second kappa shape index (κ2) is 6.70. The molecule has 2 aromatic carbocycles. The largest absolute Gasteiger partial charge is 0.487 e. The van der Waals surface area contributed by atoms with Crippen LogP contribution in [0.3, 0.4) is 0 Å². The monoisotopic (exact) mass is 326 g/mol. The van der Waals surface area contributed by atoms with Crippen molar-refractivity contribution >= 4 is 17.3 Å². The maximum atomic E-state index is 12.4. The normalized spacial score (nSPS) is 12.5. The average molecular weight is 326 g/mol. The Morgan fingerprint density at radius 1 is 1.21 bits per heavy atom. The Labute approximate surface area is 139 Å². The first-order chi connectivity index (χ1) is 11.6. The van der Waals surface area contributed by atoms with Gasteiger partial charge < -0.3 is 10.1 Å². The molecule has 6 heteroatoms. The van der Waals surface area contributed by atoms with Crippen molar-refractivity contribution in [2.45, 2.75) is 26.2 Å². The number of benzene rings is 2. The number of rotatable bonds is 5. The third kappa shape index (κ3) is 3.22. The number of nitro benzene ring substituents is 1. The van der Waals surface area contributed by atoms with Gasteiger partial charge in [0, 0.05) is 17.3 Å². The van der Waals surface area contributed by atoms with Crippen molar-refractivity contribution in [3.63, 3.8) is 0 Å². The minimum atomic E-state index is -0.544. The van der Waals surface area contributed by atoms with Crippen LogP contribution in [-0.4, -0.2) is 17.4 Å². The van der Waals surface area contributed by atoms with E-state index >= 15 is 0 Å². The third-order valence-electron chi connectivity index (χ3n) is 4.07. The van der Waals surface area contributed by atoms with Gasteiger partial charge in [-0.15, -0.1) is 0 Å². The Morgan fingerprint density at radius 2 is 2.00 bits per heavy atom. The zero-order valence-corrected chi connectivity index (χ0v) is 13.4. The van der Waals surface area contributed by atoms with Gasteiger partial charge in [-0.3, -0.25) is 14.9 Å². The number of hydrogen-bond donors (Lipinski definition) is 1. The van der Waals surface area contributed by atoms with Crippen LogP contribution in [0.25, 0.3) is 0 Å². The number of nitro groups is 1. The lowest BCUT2D eigenvalue weighted by atomic mass is 10.1.